The summed E-state index contributed by atoms with van der Waals surface area (Å²) in [5, 5.41) is 3.83. The van der Waals surface area contributed by atoms with Crippen LogP contribution in [0.3, 0.4) is 0 Å². The molecule has 0 aliphatic carbocycles. The number of ether oxygens (including phenoxy) is 1. The standard InChI is InChI=1S/C22H44NO2/c1-4-5-6-7-8-9-10-11-12-13-14-15-16-17-18-19-20-25-22(24)23-21(2)3/h21H,4-20H2,1-3H3. The van der Waals surface area contributed by atoms with Crippen molar-refractivity contribution in [2.75, 3.05) is 6.61 Å². The van der Waals surface area contributed by atoms with Crippen LogP contribution in [-0.4, -0.2) is 18.7 Å². The molecule has 0 aromatic carbocycles. The third-order valence-electron chi connectivity index (χ3n) is 4.59. The van der Waals surface area contributed by atoms with Gasteiger partial charge in [0, 0.05) is 0 Å². The SMILES string of the molecule is CCCCCCCCCCCCCCCCCCOC(=O)[N]C(C)C. The lowest BCUT2D eigenvalue weighted by molar-refractivity contribution is 0.140. The molecule has 3 heteroatoms. The highest BCUT2D eigenvalue weighted by Gasteiger charge is 2.05. The highest BCUT2D eigenvalue weighted by atomic mass is 16.5. The first-order valence-corrected chi connectivity index (χ1v) is 11.0. The second kappa shape index (κ2) is 19.6. The average Bonchev–Trinajstić information content (AvgIpc) is 2.57. The van der Waals surface area contributed by atoms with Gasteiger partial charge >= 0.3 is 6.09 Å². The molecule has 0 aromatic heterocycles. The molecule has 0 saturated heterocycles. The molecule has 0 spiro atoms. The number of carbonyl (C=O) groups excluding carboxylic acids is 1. The third kappa shape index (κ3) is 21.2. The minimum atomic E-state index is -0.407. The molecule has 25 heavy (non-hydrogen) atoms. The molecule has 1 amide bonds. The first kappa shape index (κ1) is 24.3. The number of carbonyl (C=O) groups is 1. The van der Waals surface area contributed by atoms with Gasteiger partial charge in [0.1, 0.15) is 0 Å². The topological polar surface area (TPSA) is 40.4 Å². The van der Waals surface area contributed by atoms with Gasteiger partial charge < -0.3 is 4.74 Å². The average molecular weight is 355 g/mol. The molecule has 3 nitrogen and oxygen atoms in total. The normalized spacial score (nSPS) is 11.0. The van der Waals surface area contributed by atoms with E-state index in [2.05, 4.69) is 12.2 Å². The number of hydrogen-bond donors (Lipinski definition) is 0. The van der Waals surface area contributed by atoms with Crippen LogP contribution < -0.4 is 5.32 Å². The predicted molar refractivity (Wildman–Crippen MR) is 108 cm³/mol. The summed E-state index contributed by atoms with van der Waals surface area (Å²) in [6, 6.07) is 0.0262. The largest absolute Gasteiger partial charge is 0.448 e. The molecule has 0 aliphatic rings. The lowest BCUT2D eigenvalue weighted by Crippen LogP contribution is -2.23. The Morgan fingerprint density at radius 1 is 0.680 bits per heavy atom. The van der Waals surface area contributed by atoms with Gasteiger partial charge in [0.15, 0.2) is 0 Å². The Bertz CT molecular complexity index is 279. The quantitative estimate of drug-likeness (QED) is 0.241. The Morgan fingerprint density at radius 3 is 1.40 bits per heavy atom. The van der Waals surface area contributed by atoms with Crippen molar-refractivity contribution in [2.24, 2.45) is 0 Å². The van der Waals surface area contributed by atoms with Crippen LogP contribution in [0.25, 0.3) is 0 Å². The van der Waals surface area contributed by atoms with Crippen LogP contribution in [0.4, 0.5) is 4.79 Å². The maximum absolute atomic E-state index is 11.2. The summed E-state index contributed by atoms with van der Waals surface area (Å²) in [4.78, 5) is 11.2. The summed E-state index contributed by atoms with van der Waals surface area (Å²) in [6.07, 6.45) is 21.3. The van der Waals surface area contributed by atoms with E-state index >= 15 is 0 Å². The lowest BCUT2D eigenvalue weighted by Gasteiger charge is -2.06. The van der Waals surface area contributed by atoms with Crippen LogP contribution in [0.15, 0.2) is 0 Å². The van der Waals surface area contributed by atoms with Crippen molar-refractivity contribution in [3.8, 4) is 0 Å². The van der Waals surface area contributed by atoms with Crippen molar-refractivity contribution < 1.29 is 9.53 Å². The smallest absolute Gasteiger partial charge is 0.429 e. The summed E-state index contributed by atoms with van der Waals surface area (Å²) in [6.45, 7) is 6.57. The number of amides is 1. The molecule has 0 bridgehead atoms. The van der Waals surface area contributed by atoms with Crippen molar-refractivity contribution in [1.29, 1.82) is 0 Å². The van der Waals surface area contributed by atoms with Gasteiger partial charge in [0.2, 0.25) is 0 Å². The highest BCUT2D eigenvalue weighted by Crippen LogP contribution is 2.13. The molecule has 0 unspecified atom stereocenters. The Labute approximate surface area is 157 Å². The van der Waals surface area contributed by atoms with Crippen LogP contribution in [0.2, 0.25) is 0 Å². The molecule has 0 heterocycles. The van der Waals surface area contributed by atoms with Crippen LogP contribution in [0, 0.1) is 0 Å². The first-order valence-electron chi connectivity index (χ1n) is 11.0. The minimum absolute atomic E-state index is 0.0262. The van der Waals surface area contributed by atoms with E-state index in [9.17, 15) is 4.79 Å². The Balaban J connectivity index is 3.06. The van der Waals surface area contributed by atoms with E-state index in [1.807, 2.05) is 13.8 Å². The number of unbranched alkanes of at least 4 members (excludes halogenated alkanes) is 15. The molecule has 149 valence electrons. The van der Waals surface area contributed by atoms with Crippen LogP contribution in [-0.2, 0) is 4.74 Å². The second-order valence-electron chi connectivity index (χ2n) is 7.64. The molecule has 0 rings (SSSR count). The Morgan fingerprint density at radius 2 is 1.04 bits per heavy atom. The molecular formula is C22H44NO2. The second-order valence-corrected chi connectivity index (χ2v) is 7.64. The van der Waals surface area contributed by atoms with Crippen LogP contribution in [0.5, 0.6) is 0 Å². The fourth-order valence-electron chi connectivity index (χ4n) is 3.06. The van der Waals surface area contributed by atoms with Crippen LogP contribution in [0.1, 0.15) is 124 Å². The van der Waals surface area contributed by atoms with E-state index in [1.54, 1.807) is 0 Å². The maximum atomic E-state index is 11.2. The maximum Gasteiger partial charge on any atom is 0.429 e. The summed E-state index contributed by atoms with van der Waals surface area (Å²) in [5.74, 6) is 0. The van der Waals surface area contributed by atoms with E-state index < -0.39 is 6.09 Å². The third-order valence-corrected chi connectivity index (χ3v) is 4.59. The monoisotopic (exact) mass is 354 g/mol. The molecule has 1 radical (unpaired) electrons. The Kier molecular flexibility index (Phi) is 19.0. The van der Waals surface area contributed by atoms with Crippen molar-refractivity contribution in [3.63, 3.8) is 0 Å². The van der Waals surface area contributed by atoms with Gasteiger partial charge in [-0.3, -0.25) is 0 Å². The van der Waals surface area contributed by atoms with E-state index in [1.165, 1.54) is 89.9 Å². The van der Waals surface area contributed by atoms with Crippen molar-refractivity contribution in [1.82, 2.24) is 5.32 Å². The molecule has 0 aliphatic heterocycles. The minimum Gasteiger partial charge on any atom is -0.448 e. The van der Waals surface area contributed by atoms with Crippen LogP contribution >= 0.6 is 0 Å². The molecule has 0 aromatic rings. The van der Waals surface area contributed by atoms with Crippen molar-refractivity contribution in [3.05, 3.63) is 0 Å². The van der Waals surface area contributed by atoms with Gasteiger partial charge in [0.25, 0.3) is 0 Å². The predicted octanol–water partition coefficient (Wildman–Crippen LogP) is 7.40. The van der Waals surface area contributed by atoms with E-state index in [-0.39, 0.29) is 6.04 Å². The molecule has 0 fully saturated rings. The number of hydrogen-bond acceptors (Lipinski definition) is 2. The zero-order valence-electron chi connectivity index (χ0n) is 17.4. The zero-order chi connectivity index (χ0) is 18.6. The number of rotatable bonds is 18. The highest BCUT2D eigenvalue weighted by molar-refractivity contribution is 5.67. The summed E-state index contributed by atoms with van der Waals surface area (Å²) >= 11 is 0. The van der Waals surface area contributed by atoms with Crippen molar-refractivity contribution >= 4 is 6.09 Å². The fourth-order valence-corrected chi connectivity index (χ4v) is 3.06. The summed E-state index contributed by atoms with van der Waals surface area (Å²) < 4.78 is 5.07. The summed E-state index contributed by atoms with van der Waals surface area (Å²) in [5.41, 5.74) is 0. The Hall–Kier alpha value is -0.730. The van der Waals surface area contributed by atoms with E-state index in [4.69, 9.17) is 4.74 Å². The fraction of sp³-hybridized carbons (Fsp3) is 0.955. The van der Waals surface area contributed by atoms with Gasteiger partial charge in [-0.05, 0) is 20.3 Å². The molecular weight excluding hydrogens is 310 g/mol. The zero-order valence-corrected chi connectivity index (χ0v) is 17.4. The first-order chi connectivity index (χ1) is 12.2. The van der Waals surface area contributed by atoms with Gasteiger partial charge in [-0.1, -0.05) is 103 Å². The van der Waals surface area contributed by atoms with E-state index in [0.717, 1.165) is 12.8 Å². The van der Waals surface area contributed by atoms with Gasteiger partial charge in [-0.2, -0.15) is 0 Å². The lowest BCUT2D eigenvalue weighted by atomic mass is 10.0. The molecule has 0 atom stereocenters. The molecule has 0 N–H and O–H groups in total. The van der Waals surface area contributed by atoms with Gasteiger partial charge in [0.05, 0.1) is 12.6 Å². The van der Waals surface area contributed by atoms with E-state index in [0.29, 0.717) is 6.61 Å². The van der Waals surface area contributed by atoms with Gasteiger partial charge in [-0.25, -0.2) is 10.1 Å². The number of nitrogens with zero attached hydrogens (tertiary/aromatic N) is 1. The van der Waals surface area contributed by atoms with Gasteiger partial charge in [-0.15, -0.1) is 0 Å². The van der Waals surface area contributed by atoms with Crippen molar-refractivity contribution in [2.45, 2.75) is 130 Å². The summed E-state index contributed by atoms with van der Waals surface area (Å²) in [7, 11) is 0. The molecule has 0 saturated carbocycles.